The Balaban J connectivity index is 1.35. The van der Waals surface area contributed by atoms with Crippen LogP contribution < -0.4 is 19.8 Å². The predicted octanol–water partition coefficient (Wildman–Crippen LogP) is 4.20. The SMILES string of the molecule is C[C@H](NC(=O)COc1ccc(/C=N\NC(=O)CN(c2ccccc2)S(=O)(=O)c2ccccc2[N+](=O)[O-])cc1)c1ccccc1. The molecule has 0 spiro atoms. The Kier molecular flexibility index (Phi) is 10.4. The Morgan fingerprint density at radius 1 is 0.909 bits per heavy atom. The summed E-state index contributed by atoms with van der Waals surface area (Å²) in [5.41, 5.74) is 3.39. The maximum Gasteiger partial charge on any atom is 0.289 e. The number of rotatable bonds is 13. The average molecular weight is 616 g/mol. The number of ether oxygens (including phenoxy) is 1. The lowest BCUT2D eigenvalue weighted by molar-refractivity contribution is -0.387. The van der Waals surface area contributed by atoms with Crippen LogP contribution in [0, 0.1) is 10.1 Å². The van der Waals surface area contributed by atoms with Gasteiger partial charge in [0.2, 0.25) is 0 Å². The normalized spacial score (nSPS) is 11.8. The molecule has 2 N–H and O–H groups in total. The molecule has 0 aromatic heterocycles. The summed E-state index contributed by atoms with van der Waals surface area (Å²) >= 11 is 0. The van der Waals surface area contributed by atoms with E-state index in [4.69, 9.17) is 4.74 Å². The fraction of sp³-hybridized carbons (Fsp3) is 0.129. The Morgan fingerprint density at radius 2 is 1.52 bits per heavy atom. The smallest absolute Gasteiger partial charge is 0.289 e. The highest BCUT2D eigenvalue weighted by molar-refractivity contribution is 7.93. The number of nitro benzene ring substituents is 1. The van der Waals surface area contributed by atoms with E-state index in [0.717, 1.165) is 22.0 Å². The average Bonchev–Trinajstić information content (AvgIpc) is 3.04. The molecule has 0 aliphatic heterocycles. The molecule has 0 bridgehead atoms. The molecule has 4 aromatic carbocycles. The van der Waals surface area contributed by atoms with Gasteiger partial charge in [-0.05, 0) is 60.5 Å². The Hall–Kier alpha value is -5.56. The van der Waals surface area contributed by atoms with Gasteiger partial charge in [0.1, 0.15) is 12.3 Å². The molecule has 0 unspecified atom stereocenters. The molecule has 13 heteroatoms. The van der Waals surface area contributed by atoms with Gasteiger partial charge in [0.05, 0.1) is 22.9 Å². The van der Waals surface area contributed by atoms with Crippen LogP contribution in [0.5, 0.6) is 5.75 Å². The van der Waals surface area contributed by atoms with Crippen molar-refractivity contribution in [3.8, 4) is 5.75 Å². The minimum Gasteiger partial charge on any atom is -0.484 e. The molecule has 4 aromatic rings. The van der Waals surface area contributed by atoms with E-state index in [0.29, 0.717) is 11.3 Å². The van der Waals surface area contributed by atoms with Crippen LogP contribution in [0.3, 0.4) is 0 Å². The maximum atomic E-state index is 13.5. The van der Waals surface area contributed by atoms with Crippen LogP contribution in [0.2, 0.25) is 0 Å². The van der Waals surface area contributed by atoms with Crippen LogP contribution in [0.25, 0.3) is 0 Å². The summed E-state index contributed by atoms with van der Waals surface area (Å²) in [5, 5.41) is 18.3. The monoisotopic (exact) mass is 615 g/mol. The van der Waals surface area contributed by atoms with Crippen LogP contribution in [0.4, 0.5) is 11.4 Å². The van der Waals surface area contributed by atoms with E-state index in [9.17, 15) is 28.1 Å². The number of nitrogens with zero attached hydrogens (tertiary/aromatic N) is 3. The van der Waals surface area contributed by atoms with Crippen molar-refractivity contribution in [2.45, 2.75) is 17.9 Å². The lowest BCUT2D eigenvalue weighted by Crippen LogP contribution is -2.39. The highest BCUT2D eigenvalue weighted by Crippen LogP contribution is 2.29. The minimum atomic E-state index is -4.50. The molecule has 0 fully saturated rings. The molecule has 0 aliphatic carbocycles. The van der Waals surface area contributed by atoms with Crippen LogP contribution in [-0.2, 0) is 19.6 Å². The Labute approximate surface area is 254 Å². The maximum absolute atomic E-state index is 13.5. The van der Waals surface area contributed by atoms with Crippen LogP contribution in [-0.4, -0.2) is 44.5 Å². The second-order valence-electron chi connectivity index (χ2n) is 9.42. The van der Waals surface area contributed by atoms with Gasteiger partial charge >= 0.3 is 0 Å². The van der Waals surface area contributed by atoms with Crippen molar-refractivity contribution >= 4 is 39.4 Å². The van der Waals surface area contributed by atoms with E-state index in [2.05, 4.69) is 15.8 Å². The van der Waals surface area contributed by atoms with Gasteiger partial charge in [-0.1, -0.05) is 60.7 Å². The van der Waals surface area contributed by atoms with Gasteiger partial charge in [-0.15, -0.1) is 0 Å². The molecule has 44 heavy (non-hydrogen) atoms. The van der Waals surface area contributed by atoms with Gasteiger partial charge in [-0.25, -0.2) is 13.8 Å². The molecule has 0 saturated carbocycles. The molecular weight excluding hydrogens is 586 g/mol. The molecule has 0 heterocycles. The molecular formula is C31H29N5O7S. The molecule has 226 valence electrons. The zero-order chi connectivity index (χ0) is 31.5. The standard InChI is InChI=1S/C31H29N5O7S/c1-23(25-10-4-2-5-11-25)33-31(38)22-43-27-18-16-24(17-19-27)20-32-34-30(37)21-35(26-12-6-3-7-13-26)44(41,42)29-15-9-8-14-28(29)36(39)40/h2-20,23H,21-22H2,1H3,(H,33,38)(H,34,37)/b32-20-/t23-/m0/s1. The summed E-state index contributed by atoms with van der Waals surface area (Å²) < 4.78 is 33.3. The molecule has 2 amide bonds. The summed E-state index contributed by atoms with van der Waals surface area (Å²) in [6, 6.07) is 28.7. The first-order chi connectivity index (χ1) is 21.1. The Bertz CT molecular complexity index is 1730. The highest BCUT2D eigenvalue weighted by Gasteiger charge is 2.33. The van der Waals surface area contributed by atoms with E-state index >= 15 is 0 Å². The van der Waals surface area contributed by atoms with Crippen molar-refractivity contribution in [1.29, 1.82) is 0 Å². The zero-order valence-corrected chi connectivity index (χ0v) is 24.4. The van der Waals surface area contributed by atoms with Crippen LogP contribution in [0.1, 0.15) is 24.1 Å². The van der Waals surface area contributed by atoms with E-state index in [1.165, 1.54) is 30.5 Å². The number of nitro groups is 1. The first kappa shape index (κ1) is 31.4. The molecule has 1 atom stereocenters. The molecule has 0 aliphatic rings. The van der Waals surface area contributed by atoms with Crippen molar-refractivity contribution in [1.82, 2.24) is 10.7 Å². The Morgan fingerprint density at radius 3 is 2.18 bits per heavy atom. The first-order valence-corrected chi connectivity index (χ1v) is 14.8. The van der Waals surface area contributed by atoms with Crippen LogP contribution >= 0.6 is 0 Å². The number of sulfonamides is 1. The topological polar surface area (TPSA) is 160 Å². The van der Waals surface area contributed by atoms with Crippen molar-refractivity contribution < 1.29 is 27.7 Å². The fourth-order valence-corrected chi connectivity index (χ4v) is 5.69. The van der Waals surface area contributed by atoms with Gasteiger partial charge in [0.25, 0.3) is 27.5 Å². The van der Waals surface area contributed by atoms with E-state index in [-0.39, 0.29) is 24.2 Å². The largest absolute Gasteiger partial charge is 0.484 e. The van der Waals surface area contributed by atoms with Crippen molar-refractivity contribution in [2.24, 2.45) is 5.10 Å². The summed E-state index contributed by atoms with van der Waals surface area (Å²) in [6.07, 6.45) is 1.35. The molecule has 0 saturated heterocycles. The second-order valence-corrected chi connectivity index (χ2v) is 11.3. The molecule has 4 rings (SSSR count). The lowest BCUT2D eigenvalue weighted by atomic mass is 10.1. The van der Waals surface area contributed by atoms with E-state index in [1.54, 1.807) is 42.5 Å². The van der Waals surface area contributed by atoms with Crippen molar-refractivity contribution in [3.05, 3.63) is 130 Å². The van der Waals surface area contributed by atoms with E-state index in [1.807, 2.05) is 37.3 Å². The third kappa shape index (κ3) is 8.26. The number of carbonyl (C=O) groups excluding carboxylic acids is 2. The van der Waals surface area contributed by atoms with Crippen LogP contribution in [0.15, 0.2) is 119 Å². The quantitative estimate of drug-likeness (QED) is 0.130. The number of amides is 2. The summed E-state index contributed by atoms with van der Waals surface area (Å²) in [7, 11) is -4.50. The zero-order valence-electron chi connectivity index (χ0n) is 23.6. The van der Waals surface area contributed by atoms with Crippen molar-refractivity contribution in [2.75, 3.05) is 17.5 Å². The number of hydrogen-bond acceptors (Lipinski definition) is 8. The third-order valence-electron chi connectivity index (χ3n) is 6.29. The van der Waals surface area contributed by atoms with E-state index < -0.39 is 38.0 Å². The summed E-state index contributed by atoms with van der Waals surface area (Å²) in [5.74, 6) is -0.599. The number of anilines is 1. The fourth-order valence-electron chi connectivity index (χ4n) is 4.11. The van der Waals surface area contributed by atoms with Crippen molar-refractivity contribution in [3.63, 3.8) is 0 Å². The minimum absolute atomic E-state index is 0.142. The predicted molar refractivity (Wildman–Crippen MR) is 165 cm³/mol. The van der Waals surface area contributed by atoms with Gasteiger partial charge in [0, 0.05) is 6.07 Å². The van der Waals surface area contributed by atoms with Gasteiger partial charge in [-0.2, -0.15) is 5.10 Å². The number of hydrogen-bond donors (Lipinski definition) is 2. The third-order valence-corrected chi connectivity index (χ3v) is 8.11. The number of benzene rings is 4. The second kappa shape index (κ2) is 14.6. The molecule has 0 radical (unpaired) electrons. The number of carbonyl (C=O) groups is 2. The number of hydrazone groups is 1. The number of nitrogens with one attached hydrogen (secondary N) is 2. The lowest BCUT2D eigenvalue weighted by Gasteiger charge is -2.23. The summed E-state index contributed by atoms with van der Waals surface area (Å²) in [4.78, 5) is 35.2. The molecule has 12 nitrogen and oxygen atoms in total. The number of para-hydroxylation sites is 2. The first-order valence-electron chi connectivity index (χ1n) is 13.4. The summed E-state index contributed by atoms with van der Waals surface area (Å²) in [6.45, 7) is 1.02. The van der Waals surface area contributed by atoms with Gasteiger partial charge < -0.3 is 10.1 Å². The van der Waals surface area contributed by atoms with Gasteiger partial charge in [0.15, 0.2) is 11.5 Å². The van der Waals surface area contributed by atoms with Gasteiger partial charge in [-0.3, -0.25) is 24.0 Å². The highest BCUT2D eigenvalue weighted by atomic mass is 32.2.